The Hall–Kier alpha value is -3.86. The van der Waals surface area contributed by atoms with E-state index in [-0.39, 0.29) is 12.1 Å². The van der Waals surface area contributed by atoms with Crippen molar-refractivity contribution in [2.45, 2.75) is 12.6 Å². The Morgan fingerprint density at radius 2 is 1.59 bits per heavy atom. The number of rotatable bonds is 6. The van der Waals surface area contributed by atoms with Gasteiger partial charge in [-0.3, -0.25) is 4.98 Å². The molecule has 0 radical (unpaired) electrons. The highest BCUT2D eigenvalue weighted by Crippen LogP contribution is 2.21. The molecule has 4 aromatic rings. The number of amides is 2. The van der Waals surface area contributed by atoms with Gasteiger partial charge in [0, 0.05) is 18.3 Å². The number of hydrogen-bond acceptors (Lipinski definition) is 3. The fraction of sp³-hybridized carbons (Fsp3) is 0.0833. The molecule has 2 N–H and O–H groups in total. The van der Waals surface area contributed by atoms with Crippen molar-refractivity contribution in [3.8, 4) is 11.3 Å². The molecule has 0 aliphatic carbocycles. The van der Waals surface area contributed by atoms with E-state index in [9.17, 15) is 4.79 Å². The molecular weight excluding hydrogens is 362 g/mol. The van der Waals surface area contributed by atoms with Gasteiger partial charge in [0.05, 0.1) is 24.3 Å². The average Bonchev–Trinajstić information content (AvgIpc) is 3.33. The van der Waals surface area contributed by atoms with Gasteiger partial charge < -0.3 is 15.1 Å². The van der Waals surface area contributed by atoms with Crippen LogP contribution in [0.1, 0.15) is 22.7 Å². The van der Waals surface area contributed by atoms with Gasteiger partial charge in [-0.05, 0) is 28.8 Å². The summed E-state index contributed by atoms with van der Waals surface area (Å²) in [6.45, 7) is 0.390. The van der Waals surface area contributed by atoms with Crippen molar-refractivity contribution in [3.63, 3.8) is 0 Å². The molecule has 0 saturated heterocycles. The van der Waals surface area contributed by atoms with Crippen LogP contribution in [0.25, 0.3) is 11.3 Å². The SMILES string of the molecule is O=C(NCc1ccc(-c2ccoc2)nc1)NC(c1ccccc1)c1ccccc1. The van der Waals surface area contributed by atoms with Gasteiger partial charge in [-0.15, -0.1) is 0 Å². The molecule has 0 spiro atoms. The van der Waals surface area contributed by atoms with E-state index in [2.05, 4.69) is 15.6 Å². The number of benzene rings is 2. The summed E-state index contributed by atoms with van der Waals surface area (Å²) >= 11 is 0. The van der Waals surface area contributed by atoms with Gasteiger partial charge in [-0.1, -0.05) is 66.7 Å². The number of furan rings is 1. The first-order valence-electron chi connectivity index (χ1n) is 9.41. The lowest BCUT2D eigenvalue weighted by molar-refractivity contribution is 0.238. The first-order chi connectivity index (χ1) is 14.3. The van der Waals surface area contributed by atoms with Crippen molar-refractivity contribution in [3.05, 3.63) is 114 Å². The number of carbonyl (C=O) groups is 1. The normalized spacial score (nSPS) is 10.7. The largest absolute Gasteiger partial charge is 0.472 e. The Kier molecular flexibility index (Phi) is 5.67. The molecule has 2 heterocycles. The lowest BCUT2D eigenvalue weighted by atomic mass is 9.99. The van der Waals surface area contributed by atoms with Crippen LogP contribution in [0.15, 0.2) is 102 Å². The second-order valence-electron chi connectivity index (χ2n) is 6.65. The maximum Gasteiger partial charge on any atom is 0.315 e. The number of aromatic nitrogens is 1. The summed E-state index contributed by atoms with van der Waals surface area (Å²) in [5, 5.41) is 5.99. The van der Waals surface area contributed by atoms with E-state index < -0.39 is 0 Å². The summed E-state index contributed by atoms with van der Waals surface area (Å²) in [5.41, 5.74) is 4.74. The predicted octanol–water partition coefficient (Wildman–Crippen LogP) is 4.93. The van der Waals surface area contributed by atoms with Crippen LogP contribution >= 0.6 is 0 Å². The van der Waals surface area contributed by atoms with E-state index in [1.165, 1.54) is 0 Å². The molecule has 0 aliphatic rings. The molecule has 2 amide bonds. The molecule has 0 bridgehead atoms. The third kappa shape index (κ3) is 4.71. The van der Waals surface area contributed by atoms with Crippen LogP contribution in [0.2, 0.25) is 0 Å². The first-order valence-corrected chi connectivity index (χ1v) is 9.41. The number of urea groups is 1. The third-order valence-corrected chi connectivity index (χ3v) is 4.64. The highest BCUT2D eigenvalue weighted by atomic mass is 16.3. The minimum absolute atomic E-state index is 0.223. The Balaban J connectivity index is 1.41. The molecule has 0 atom stereocenters. The molecule has 2 aromatic heterocycles. The standard InChI is InChI=1S/C24H21N3O2/c28-24(26-16-18-11-12-22(25-15-18)21-13-14-29-17-21)27-23(19-7-3-1-4-8-19)20-9-5-2-6-10-20/h1-15,17,23H,16H2,(H2,26,27,28). The number of nitrogens with one attached hydrogen (secondary N) is 2. The van der Waals surface area contributed by atoms with Gasteiger partial charge >= 0.3 is 6.03 Å². The quantitative estimate of drug-likeness (QED) is 0.496. The molecule has 4 rings (SSSR count). The molecule has 0 fully saturated rings. The monoisotopic (exact) mass is 383 g/mol. The van der Waals surface area contributed by atoms with E-state index in [4.69, 9.17) is 4.42 Å². The minimum atomic E-state index is -0.235. The third-order valence-electron chi connectivity index (χ3n) is 4.64. The molecule has 29 heavy (non-hydrogen) atoms. The number of carbonyl (C=O) groups excluding carboxylic acids is 1. The molecule has 5 heteroatoms. The van der Waals surface area contributed by atoms with Gasteiger partial charge in [0.25, 0.3) is 0 Å². The summed E-state index contributed by atoms with van der Waals surface area (Å²) in [4.78, 5) is 17.0. The van der Waals surface area contributed by atoms with E-state index in [1.54, 1.807) is 18.7 Å². The van der Waals surface area contributed by atoms with Crippen LogP contribution in [0.3, 0.4) is 0 Å². The Morgan fingerprint density at radius 3 is 2.14 bits per heavy atom. The van der Waals surface area contributed by atoms with Gasteiger partial charge in [0.15, 0.2) is 0 Å². The first kappa shape index (κ1) is 18.5. The van der Waals surface area contributed by atoms with Gasteiger partial charge in [0.2, 0.25) is 0 Å². The van der Waals surface area contributed by atoms with Crippen LogP contribution in [0, 0.1) is 0 Å². The number of pyridine rings is 1. The van der Waals surface area contributed by atoms with Gasteiger partial charge in [-0.25, -0.2) is 4.79 Å². The fourth-order valence-electron chi connectivity index (χ4n) is 3.12. The van der Waals surface area contributed by atoms with Crippen molar-refractivity contribution in [2.75, 3.05) is 0 Å². The highest BCUT2D eigenvalue weighted by molar-refractivity contribution is 5.75. The maximum atomic E-state index is 12.6. The predicted molar refractivity (Wildman–Crippen MR) is 112 cm³/mol. The van der Waals surface area contributed by atoms with E-state index >= 15 is 0 Å². The van der Waals surface area contributed by atoms with Crippen LogP contribution in [-0.4, -0.2) is 11.0 Å². The van der Waals surface area contributed by atoms with E-state index in [0.29, 0.717) is 6.54 Å². The zero-order valence-corrected chi connectivity index (χ0v) is 15.8. The van der Waals surface area contributed by atoms with Crippen LogP contribution < -0.4 is 10.6 Å². The molecule has 0 unspecified atom stereocenters. The van der Waals surface area contributed by atoms with Gasteiger partial charge in [-0.2, -0.15) is 0 Å². The second-order valence-corrected chi connectivity index (χ2v) is 6.65. The summed E-state index contributed by atoms with van der Waals surface area (Å²) in [6, 6.07) is 25.1. The number of hydrogen-bond donors (Lipinski definition) is 2. The van der Waals surface area contributed by atoms with Crippen molar-refractivity contribution in [1.82, 2.24) is 15.6 Å². The van der Waals surface area contributed by atoms with E-state index in [0.717, 1.165) is 27.9 Å². The van der Waals surface area contributed by atoms with Crippen molar-refractivity contribution in [1.29, 1.82) is 0 Å². The van der Waals surface area contributed by atoms with Crippen LogP contribution in [0.5, 0.6) is 0 Å². The van der Waals surface area contributed by atoms with Crippen molar-refractivity contribution in [2.24, 2.45) is 0 Å². The number of nitrogens with zero attached hydrogens (tertiary/aromatic N) is 1. The summed E-state index contributed by atoms with van der Waals surface area (Å²) in [7, 11) is 0. The summed E-state index contributed by atoms with van der Waals surface area (Å²) < 4.78 is 5.08. The lowest BCUT2D eigenvalue weighted by Crippen LogP contribution is -2.38. The Morgan fingerprint density at radius 1 is 0.897 bits per heavy atom. The molecular formula is C24H21N3O2. The van der Waals surface area contributed by atoms with Gasteiger partial charge in [0.1, 0.15) is 0 Å². The second kappa shape index (κ2) is 8.89. The zero-order chi connectivity index (χ0) is 19.9. The van der Waals surface area contributed by atoms with Crippen LogP contribution in [-0.2, 0) is 6.54 Å². The Labute approximate surface area is 169 Å². The molecule has 0 aliphatic heterocycles. The minimum Gasteiger partial charge on any atom is -0.472 e. The lowest BCUT2D eigenvalue weighted by Gasteiger charge is -2.20. The summed E-state index contributed by atoms with van der Waals surface area (Å²) in [6.07, 6.45) is 5.03. The van der Waals surface area contributed by atoms with E-state index in [1.807, 2.05) is 78.9 Å². The molecule has 144 valence electrons. The highest BCUT2D eigenvalue weighted by Gasteiger charge is 2.16. The smallest absolute Gasteiger partial charge is 0.315 e. The summed E-state index contributed by atoms with van der Waals surface area (Å²) in [5.74, 6) is 0. The Bertz CT molecular complexity index is 991. The average molecular weight is 383 g/mol. The molecule has 0 saturated carbocycles. The maximum absolute atomic E-state index is 12.6. The molecule has 5 nitrogen and oxygen atoms in total. The van der Waals surface area contributed by atoms with Crippen molar-refractivity contribution < 1.29 is 9.21 Å². The zero-order valence-electron chi connectivity index (χ0n) is 15.8. The van der Waals surface area contributed by atoms with Crippen molar-refractivity contribution >= 4 is 6.03 Å². The fourth-order valence-corrected chi connectivity index (χ4v) is 3.12. The topological polar surface area (TPSA) is 67.2 Å². The van der Waals surface area contributed by atoms with Crippen LogP contribution in [0.4, 0.5) is 4.79 Å². The molecule has 2 aromatic carbocycles.